The van der Waals surface area contributed by atoms with Gasteiger partial charge in [-0.15, -0.1) is 0 Å². The summed E-state index contributed by atoms with van der Waals surface area (Å²) < 4.78 is 65.4. The summed E-state index contributed by atoms with van der Waals surface area (Å²) in [6, 6.07) is 7.94. The minimum atomic E-state index is -4.65. The average Bonchev–Trinajstić information content (AvgIpc) is 2.87. The van der Waals surface area contributed by atoms with Crippen LogP contribution in [0.4, 0.5) is 18.9 Å². The van der Waals surface area contributed by atoms with Gasteiger partial charge in [0.1, 0.15) is 6.04 Å². The van der Waals surface area contributed by atoms with E-state index in [1.165, 1.54) is 11.0 Å². The molecule has 0 spiro atoms. The molecule has 2 aromatic rings. The second kappa shape index (κ2) is 14.4. The molecule has 0 fully saturated rings. The van der Waals surface area contributed by atoms with E-state index >= 15 is 0 Å². The first-order chi connectivity index (χ1) is 18.6. The molecule has 0 radical (unpaired) electrons. The number of carbonyl (C=O) groups is 2. The van der Waals surface area contributed by atoms with Crippen molar-refractivity contribution in [3.8, 4) is 0 Å². The normalized spacial score (nSPS) is 13.4. The number of sulfonamides is 1. The quantitative estimate of drug-likeness (QED) is 0.284. The van der Waals surface area contributed by atoms with Gasteiger partial charge in [-0.05, 0) is 62.1 Å². The van der Waals surface area contributed by atoms with E-state index in [1.807, 2.05) is 13.8 Å². The van der Waals surface area contributed by atoms with Gasteiger partial charge in [0.2, 0.25) is 21.8 Å². The summed E-state index contributed by atoms with van der Waals surface area (Å²) in [5.41, 5.74) is -0.503. The number of benzene rings is 2. The Kier molecular flexibility index (Phi) is 12.1. The van der Waals surface area contributed by atoms with Crippen LogP contribution < -0.4 is 9.62 Å². The number of alkyl halides is 3. The molecule has 0 aliphatic heterocycles. The van der Waals surface area contributed by atoms with Gasteiger partial charge in [0.15, 0.2) is 0 Å². The second-order valence-electron chi connectivity index (χ2n) is 9.50. The number of hydrogen-bond acceptors (Lipinski definition) is 4. The maximum absolute atomic E-state index is 13.5. The molecule has 7 nitrogen and oxygen atoms in total. The molecule has 2 atom stereocenters. The molecule has 1 N–H and O–H groups in total. The summed E-state index contributed by atoms with van der Waals surface area (Å²) in [7, 11) is -3.96. The molecule has 0 bridgehead atoms. The fourth-order valence-electron chi connectivity index (χ4n) is 4.04. The predicted molar refractivity (Wildman–Crippen MR) is 152 cm³/mol. The number of halogens is 5. The van der Waals surface area contributed by atoms with Crippen LogP contribution in [0.2, 0.25) is 10.0 Å². The monoisotopic (exact) mass is 623 g/mol. The van der Waals surface area contributed by atoms with Crippen LogP contribution in [0.1, 0.15) is 57.6 Å². The van der Waals surface area contributed by atoms with Crippen molar-refractivity contribution in [1.82, 2.24) is 10.2 Å². The van der Waals surface area contributed by atoms with Crippen LogP contribution in [-0.4, -0.2) is 50.0 Å². The Morgan fingerprint density at radius 1 is 1.02 bits per heavy atom. The molecule has 0 unspecified atom stereocenters. The molecule has 0 aliphatic carbocycles. The zero-order valence-electron chi connectivity index (χ0n) is 22.8. The van der Waals surface area contributed by atoms with Crippen molar-refractivity contribution >= 4 is 50.7 Å². The molecule has 0 aromatic heterocycles. The maximum atomic E-state index is 13.5. The third-order valence-corrected chi connectivity index (χ3v) is 8.27. The Morgan fingerprint density at radius 2 is 1.70 bits per heavy atom. The number of amides is 2. The number of nitrogens with zero attached hydrogens (tertiary/aromatic N) is 2. The standard InChI is InChI=1S/C27H34Cl2F3N3O4S/c1-5-18(3)33-26(37)24(6-2)34(17-19-12-13-22(28)23(29)15-19)25(36)11-8-14-35(40(4,38)39)21-10-7-9-20(16-21)27(30,31)32/h7,9-10,12-13,15-16,18,24H,5-6,8,11,14,17H2,1-4H3,(H,33,37)/t18-,24+/m1/s1. The minimum Gasteiger partial charge on any atom is -0.352 e. The van der Waals surface area contributed by atoms with Crippen molar-refractivity contribution in [3.63, 3.8) is 0 Å². The van der Waals surface area contributed by atoms with Crippen LogP contribution >= 0.6 is 23.2 Å². The Hall–Kier alpha value is -2.50. The van der Waals surface area contributed by atoms with E-state index in [-0.39, 0.29) is 48.6 Å². The smallest absolute Gasteiger partial charge is 0.352 e. The summed E-state index contributed by atoms with van der Waals surface area (Å²) in [6.45, 7) is 5.36. The van der Waals surface area contributed by atoms with Crippen molar-refractivity contribution in [3.05, 3.63) is 63.6 Å². The van der Waals surface area contributed by atoms with E-state index in [0.717, 1.165) is 28.8 Å². The summed E-state index contributed by atoms with van der Waals surface area (Å²) in [5.74, 6) is -0.748. The molecule has 2 amide bonds. The molecule has 0 saturated heterocycles. The van der Waals surface area contributed by atoms with Crippen LogP contribution in [0.15, 0.2) is 42.5 Å². The summed E-state index contributed by atoms with van der Waals surface area (Å²) >= 11 is 12.2. The molecule has 40 heavy (non-hydrogen) atoms. The topological polar surface area (TPSA) is 86.8 Å². The van der Waals surface area contributed by atoms with Gasteiger partial charge in [0.25, 0.3) is 0 Å². The third kappa shape index (κ3) is 9.55. The number of carbonyl (C=O) groups excluding carboxylic acids is 2. The van der Waals surface area contributed by atoms with Crippen LogP contribution in [0.3, 0.4) is 0 Å². The first kappa shape index (κ1) is 33.7. The molecular formula is C27H34Cl2F3N3O4S. The van der Waals surface area contributed by atoms with Crippen molar-refractivity contribution in [2.45, 2.75) is 71.3 Å². The summed E-state index contributed by atoms with van der Waals surface area (Å²) in [6.07, 6.45) is -2.90. The lowest BCUT2D eigenvalue weighted by atomic mass is 10.1. The molecule has 0 heterocycles. The fraction of sp³-hybridized carbons (Fsp3) is 0.481. The Labute approximate surface area is 243 Å². The van der Waals surface area contributed by atoms with Gasteiger partial charge in [-0.2, -0.15) is 13.2 Å². The lowest BCUT2D eigenvalue weighted by Crippen LogP contribution is -2.50. The number of anilines is 1. The Morgan fingerprint density at radius 3 is 2.25 bits per heavy atom. The van der Waals surface area contributed by atoms with Crippen molar-refractivity contribution in [2.24, 2.45) is 0 Å². The van der Waals surface area contributed by atoms with E-state index in [1.54, 1.807) is 25.1 Å². The van der Waals surface area contributed by atoms with Crippen molar-refractivity contribution in [2.75, 3.05) is 17.1 Å². The van der Waals surface area contributed by atoms with E-state index < -0.39 is 33.7 Å². The van der Waals surface area contributed by atoms with Crippen LogP contribution in [0.5, 0.6) is 0 Å². The van der Waals surface area contributed by atoms with Gasteiger partial charge < -0.3 is 10.2 Å². The number of nitrogens with one attached hydrogen (secondary N) is 1. The van der Waals surface area contributed by atoms with Gasteiger partial charge >= 0.3 is 6.18 Å². The molecule has 0 saturated carbocycles. The van der Waals surface area contributed by atoms with Crippen LogP contribution in [-0.2, 0) is 32.3 Å². The number of hydrogen-bond donors (Lipinski definition) is 1. The molecule has 0 aliphatic rings. The van der Waals surface area contributed by atoms with Gasteiger partial charge in [-0.3, -0.25) is 13.9 Å². The van der Waals surface area contributed by atoms with Crippen molar-refractivity contribution < 1.29 is 31.2 Å². The molecule has 2 aromatic carbocycles. The SMILES string of the molecule is CC[C@@H](C)NC(=O)[C@H](CC)N(Cc1ccc(Cl)c(Cl)c1)C(=O)CCCN(c1cccc(C(F)(F)F)c1)S(C)(=O)=O. The molecule has 222 valence electrons. The summed E-state index contributed by atoms with van der Waals surface area (Å²) in [5, 5.41) is 3.52. The zero-order valence-corrected chi connectivity index (χ0v) is 25.1. The van der Waals surface area contributed by atoms with Gasteiger partial charge in [-0.1, -0.05) is 49.2 Å². The minimum absolute atomic E-state index is 0.00341. The lowest BCUT2D eigenvalue weighted by molar-refractivity contribution is -0.141. The first-order valence-corrected chi connectivity index (χ1v) is 15.4. The van der Waals surface area contributed by atoms with Crippen LogP contribution in [0, 0.1) is 0 Å². The molecular weight excluding hydrogens is 590 g/mol. The second-order valence-corrected chi connectivity index (χ2v) is 12.2. The maximum Gasteiger partial charge on any atom is 0.416 e. The molecule has 13 heteroatoms. The fourth-order valence-corrected chi connectivity index (χ4v) is 5.31. The highest BCUT2D eigenvalue weighted by Crippen LogP contribution is 2.32. The Balaban J connectivity index is 2.29. The van der Waals surface area contributed by atoms with Gasteiger partial charge in [0.05, 0.1) is 27.6 Å². The van der Waals surface area contributed by atoms with Crippen LogP contribution in [0.25, 0.3) is 0 Å². The highest BCUT2D eigenvalue weighted by molar-refractivity contribution is 7.92. The first-order valence-electron chi connectivity index (χ1n) is 12.8. The largest absolute Gasteiger partial charge is 0.416 e. The molecule has 2 rings (SSSR count). The average molecular weight is 625 g/mol. The van der Waals surface area contributed by atoms with E-state index in [0.29, 0.717) is 23.4 Å². The highest BCUT2D eigenvalue weighted by Gasteiger charge is 2.32. The van der Waals surface area contributed by atoms with E-state index in [4.69, 9.17) is 23.2 Å². The van der Waals surface area contributed by atoms with E-state index in [9.17, 15) is 31.2 Å². The third-order valence-electron chi connectivity index (χ3n) is 6.34. The number of rotatable bonds is 13. The van der Waals surface area contributed by atoms with E-state index in [2.05, 4.69) is 5.32 Å². The van der Waals surface area contributed by atoms with Crippen molar-refractivity contribution in [1.29, 1.82) is 0 Å². The summed E-state index contributed by atoms with van der Waals surface area (Å²) in [4.78, 5) is 28.0. The Bertz CT molecular complexity index is 1290. The lowest BCUT2D eigenvalue weighted by Gasteiger charge is -2.32. The predicted octanol–water partition coefficient (Wildman–Crippen LogP) is 6.28. The van der Waals surface area contributed by atoms with Gasteiger partial charge in [-0.25, -0.2) is 8.42 Å². The highest BCUT2D eigenvalue weighted by atomic mass is 35.5. The zero-order chi connectivity index (χ0) is 30.3. The van der Waals surface area contributed by atoms with Gasteiger partial charge in [0, 0.05) is 25.6 Å².